The van der Waals surface area contributed by atoms with Gasteiger partial charge < -0.3 is 10.4 Å². The number of aryl methyl sites for hydroxylation is 2. The normalized spacial score (nSPS) is 18.0. The van der Waals surface area contributed by atoms with Gasteiger partial charge in [-0.15, -0.1) is 0 Å². The number of carbonyl (C=O) groups is 2. The minimum absolute atomic E-state index is 0.0478. The molecule has 1 heterocycles. The van der Waals surface area contributed by atoms with Crippen LogP contribution < -0.4 is 5.32 Å². The maximum absolute atomic E-state index is 12.7. The first kappa shape index (κ1) is 20.1. The number of aliphatic imine (C=N–C) groups is 1. The number of amides is 2. The number of β-amino-alcohol motifs (C(OH)–C–C–N with tert-alkyl or cyclic N) is 1. The Labute approximate surface area is 168 Å². The Morgan fingerprint density at radius 3 is 2.61 bits per heavy atom. The van der Waals surface area contributed by atoms with E-state index in [-0.39, 0.29) is 31.4 Å². The summed E-state index contributed by atoms with van der Waals surface area (Å²) < 4.78 is 0. The van der Waals surface area contributed by atoms with Crippen molar-refractivity contribution in [2.75, 3.05) is 18.5 Å². The van der Waals surface area contributed by atoms with E-state index in [2.05, 4.69) is 10.3 Å². The Morgan fingerprint density at radius 1 is 1.18 bits per heavy atom. The monoisotopic (exact) mass is 397 g/mol. The number of hydrogen-bond acceptors (Lipinski definition) is 5. The van der Waals surface area contributed by atoms with Crippen LogP contribution in [-0.4, -0.2) is 45.4 Å². The molecule has 2 aromatic rings. The molecule has 1 aliphatic heterocycles. The third-order valence-electron chi connectivity index (χ3n) is 4.49. The summed E-state index contributed by atoms with van der Waals surface area (Å²) in [7, 11) is 0. The highest BCUT2D eigenvalue weighted by Gasteiger charge is 2.38. The standard InChI is InChI=1S/C21H23N3O3S/c1-14-8-9-17(12-15(14)2)22-19(26)13-18-20(27)24(10-11-25)21(28-18)23-16-6-4-3-5-7-16/h3-9,12,18,25H,10-11,13H2,1-2H3,(H,22,26). The molecule has 1 saturated heterocycles. The van der Waals surface area contributed by atoms with Crippen molar-refractivity contribution in [2.24, 2.45) is 4.99 Å². The molecule has 1 fully saturated rings. The second-order valence-corrected chi connectivity index (χ2v) is 7.77. The van der Waals surface area contributed by atoms with Gasteiger partial charge in [0, 0.05) is 12.1 Å². The van der Waals surface area contributed by atoms with Gasteiger partial charge in [-0.2, -0.15) is 0 Å². The predicted octanol–water partition coefficient (Wildman–Crippen LogP) is 3.26. The van der Waals surface area contributed by atoms with Crippen LogP contribution in [0.2, 0.25) is 0 Å². The number of amidine groups is 1. The van der Waals surface area contributed by atoms with E-state index in [9.17, 15) is 14.7 Å². The SMILES string of the molecule is Cc1ccc(NC(=O)CC2SC(=Nc3ccccc3)N(CCO)C2=O)cc1C. The first-order chi connectivity index (χ1) is 13.5. The largest absolute Gasteiger partial charge is 0.395 e. The molecule has 2 aromatic carbocycles. The molecule has 1 unspecified atom stereocenters. The summed E-state index contributed by atoms with van der Waals surface area (Å²) in [4.78, 5) is 31.1. The fraction of sp³-hybridized carbons (Fsp3) is 0.286. The number of nitrogens with zero attached hydrogens (tertiary/aromatic N) is 2. The Morgan fingerprint density at radius 2 is 1.93 bits per heavy atom. The lowest BCUT2D eigenvalue weighted by Crippen LogP contribution is -2.35. The van der Waals surface area contributed by atoms with Gasteiger partial charge in [-0.05, 0) is 49.2 Å². The second-order valence-electron chi connectivity index (χ2n) is 6.60. The predicted molar refractivity (Wildman–Crippen MR) is 113 cm³/mol. The van der Waals surface area contributed by atoms with Crippen LogP contribution >= 0.6 is 11.8 Å². The Kier molecular flexibility index (Phi) is 6.49. The Balaban J connectivity index is 1.71. The van der Waals surface area contributed by atoms with Gasteiger partial charge in [0.15, 0.2) is 5.17 Å². The van der Waals surface area contributed by atoms with Gasteiger partial charge in [-0.3, -0.25) is 14.5 Å². The van der Waals surface area contributed by atoms with E-state index < -0.39 is 5.25 Å². The average Bonchev–Trinajstić information content (AvgIpc) is 2.94. The van der Waals surface area contributed by atoms with Crippen LogP contribution in [0.3, 0.4) is 0 Å². The molecule has 2 N–H and O–H groups in total. The number of rotatable bonds is 6. The second kappa shape index (κ2) is 9.03. The van der Waals surface area contributed by atoms with E-state index in [1.54, 1.807) is 0 Å². The van der Waals surface area contributed by atoms with Crippen molar-refractivity contribution in [1.29, 1.82) is 0 Å². The van der Waals surface area contributed by atoms with Gasteiger partial charge in [0.2, 0.25) is 11.8 Å². The molecule has 0 aromatic heterocycles. The van der Waals surface area contributed by atoms with Crippen molar-refractivity contribution in [2.45, 2.75) is 25.5 Å². The lowest BCUT2D eigenvalue weighted by molar-refractivity contribution is -0.128. The number of carbonyl (C=O) groups excluding carboxylic acids is 2. The zero-order chi connectivity index (χ0) is 20.1. The number of aliphatic hydroxyl groups is 1. The van der Waals surface area contributed by atoms with E-state index >= 15 is 0 Å². The van der Waals surface area contributed by atoms with Crippen LogP contribution in [0.1, 0.15) is 17.5 Å². The first-order valence-electron chi connectivity index (χ1n) is 9.07. The first-order valence-corrected chi connectivity index (χ1v) is 9.95. The van der Waals surface area contributed by atoms with Crippen molar-refractivity contribution >= 4 is 40.1 Å². The van der Waals surface area contributed by atoms with Gasteiger partial charge in [0.1, 0.15) is 5.25 Å². The fourth-order valence-electron chi connectivity index (χ4n) is 2.84. The average molecular weight is 398 g/mol. The Bertz CT molecular complexity index is 899. The summed E-state index contributed by atoms with van der Waals surface area (Å²) in [6.45, 7) is 3.99. The molecule has 28 heavy (non-hydrogen) atoms. The maximum Gasteiger partial charge on any atom is 0.242 e. The van der Waals surface area contributed by atoms with Gasteiger partial charge in [0.25, 0.3) is 0 Å². The number of anilines is 1. The highest BCUT2D eigenvalue weighted by Crippen LogP contribution is 2.31. The van der Waals surface area contributed by atoms with Crippen molar-refractivity contribution in [1.82, 2.24) is 4.90 Å². The van der Waals surface area contributed by atoms with Crippen LogP contribution in [0.25, 0.3) is 0 Å². The third kappa shape index (κ3) is 4.79. The minimum Gasteiger partial charge on any atom is -0.395 e. The molecule has 6 nitrogen and oxygen atoms in total. The van der Waals surface area contributed by atoms with E-state index in [0.717, 1.165) is 16.8 Å². The number of para-hydroxylation sites is 1. The zero-order valence-electron chi connectivity index (χ0n) is 15.9. The summed E-state index contributed by atoms with van der Waals surface area (Å²) in [6.07, 6.45) is 0.0478. The highest BCUT2D eigenvalue weighted by molar-refractivity contribution is 8.15. The molecule has 0 aliphatic carbocycles. The van der Waals surface area contributed by atoms with Gasteiger partial charge in [-0.25, -0.2) is 4.99 Å². The lowest BCUT2D eigenvalue weighted by atomic mass is 10.1. The van der Waals surface area contributed by atoms with Crippen LogP contribution in [0.15, 0.2) is 53.5 Å². The molecule has 7 heteroatoms. The van der Waals surface area contributed by atoms with E-state index in [4.69, 9.17) is 0 Å². The topological polar surface area (TPSA) is 82.0 Å². The van der Waals surface area contributed by atoms with Gasteiger partial charge >= 0.3 is 0 Å². The van der Waals surface area contributed by atoms with Crippen molar-refractivity contribution in [3.05, 3.63) is 59.7 Å². The van der Waals surface area contributed by atoms with Crippen molar-refractivity contribution < 1.29 is 14.7 Å². The number of thioether (sulfide) groups is 1. The molecule has 1 atom stereocenters. The minimum atomic E-state index is -0.555. The third-order valence-corrected chi connectivity index (χ3v) is 5.66. The van der Waals surface area contributed by atoms with Crippen molar-refractivity contribution in [3.63, 3.8) is 0 Å². The number of aliphatic hydroxyl groups excluding tert-OH is 1. The van der Waals surface area contributed by atoms with Gasteiger partial charge in [0.05, 0.1) is 18.8 Å². The molecular formula is C21H23N3O3S. The van der Waals surface area contributed by atoms with Crippen LogP contribution in [0.4, 0.5) is 11.4 Å². The van der Waals surface area contributed by atoms with Crippen LogP contribution in [0, 0.1) is 13.8 Å². The van der Waals surface area contributed by atoms with Crippen LogP contribution in [-0.2, 0) is 9.59 Å². The summed E-state index contributed by atoms with van der Waals surface area (Å²) >= 11 is 1.26. The van der Waals surface area contributed by atoms with Crippen molar-refractivity contribution in [3.8, 4) is 0 Å². The van der Waals surface area contributed by atoms with E-state index in [0.29, 0.717) is 10.9 Å². The lowest BCUT2D eigenvalue weighted by Gasteiger charge is -2.14. The van der Waals surface area contributed by atoms with E-state index in [1.165, 1.54) is 16.7 Å². The maximum atomic E-state index is 12.7. The quantitative estimate of drug-likeness (QED) is 0.784. The molecule has 1 aliphatic rings. The number of benzene rings is 2. The number of hydrogen-bond donors (Lipinski definition) is 2. The molecule has 0 radical (unpaired) electrons. The molecule has 2 amide bonds. The Hall–Kier alpha value is -2.64. The van der Waals surface area contributed by atoms with Crippen LogP contribution in [0.5, 0.6) is 0 Å². The molecular weight excluding hydrogens is 374 g/mol. The number of nitrogens with one attached hydrogen (secondary N) is 1. The summed E-state index contributed by atoms with van der Waals surface area (Å²) in [6, 6.07) is 15.0. The smallest absolute Gasteiger partial charge is 0.242 e. The van der Waals surface area contributed by atoms with Gasteiger partial charge in [-0.1, -0.05) is 36.0 Å². The summed E-state index contributed by atoms with van der Waals surface area (Å²) in [5, 5.41) is 12.1. The molecule has 0 bridgehead atoms. The molecule has 3 rings (SSSR count). The zero-order valence-corrected chi connectivity index (χ0v) is 16.7. The summed E-state index contributed by atoms with van der Waals surface area (Å²) in [5.41, 5.74) is 3.69. The molecule has 146 valence electrons. The molecule has 0 spiro atoms. The van der Waals surface area contributed by atoms with E-state index in [1.807, 2.05) is 62.4 Å². The highest BCUT2D eigenvalue weighted by atomic mass is 32.2. The fourth-order valence-corrected chi connectivity index (χ4v) is 4.03. The molecule has 0 saturated carbocycles. The summed E-state index contributed by atoms with van der Waals surface area (Å²) in [5.74, 6) is -0.428.